The SMILES string of the molecule is CN=C(NCCNc1ccccc1[N+](=O)[O-])N1CCC(C(=O)OC)CC1. The van der Waals surface area contributed by atoms with Crippen LogP contribution in [0.5, 0.6) is 0 Å². The molecule has 1 aromatic rings. The van der Waals surface area contributed by atoms with Gasteiger partial charge in [-0.1, -0.05) is 12.1 Å². The van der Waals surface area contributed by atoms with E-state index in [4.69, 9.17) is 4.74 Å². The van der Waals surface area contributed by atoms with Gasteiger partial charge in [0.15, 0.2) is 5.96 Å². The first kappa shape index (κ1) is 19.5. The Bertz CT molecular complexity index is 656. The van der Waals surface area contributed by atoms with Gasteiger partial charge in [-0.3, -0.25) is 19.9 Å². The molecule has 9 heteroatoms. The Balaban J connectivity index is 1.78. The van der Waals surface area contributed by atoms with E-state index in [2.05, 4.69) is 20.5 Å². The van der Waals surface area contributed by atoms with E-state index in [0.717, 1.165) is 31.9 Å². The van der Waals surface area contributed by atoms with Gasteiger partial charge in [0.25, 0.3) is 5.69 Å². The molecule has 1 fully saturated rings. The van der Waals surface area contributed by atoms with Crippen molar-refractivity contribution in [3.05, 3.63) is 34.4 Å². The number of nitro benzene ring substituents is 1. The second-order valence-corrected chi connectivity index (χ2v) is 5.96. The number of nitrogens with zero attached hydrogens (tertiary/aromatic N) is 3. The smallest absolute Gasteiger partial charge is 0.308 e. The minimum Gasteiger partial charge on any atom is -0.469 e. The van der Waals surface area contributed by atoms with E-state index in [-0.39, 0.29) is 17.6 Å². The maximum absolute atomic E-state index is 11.6. The van der Waals surface area contributed by atoms with E-state index in [1.165, 1.54) is 13.2 Å². The van der Waals surface area contributed by atoms with Crippen molar-refractivity contribution >= 4 is 23.3 Å². The van der Waals surface area contributed by atoms with Crippen LogP contribution in [0.15, 0.2) is 29.3 Å². The second kappa shape index (κ2) is 9.59. The second-order valence-electron chi connectivity index (χ2n) is 5.96. The molecule has 1 heterocycles. The molecule has 0 aliphatic carbocycles. The highest BCUT2D eigenvalue weighted by Crippen LogP contribution is 2.22. The molecule has 1 aliphatic rings. The summed E-state index contributed by atoms with van der Waals surface area (Å²) >= 11 is 0. The monoisotopic (exact) mass is 363 g/mol. The number of guanidine groups is 1. The summed E-state index contributed by atoms with van der Waals surface area (Å²) in [6.07, 6.45) is 1.48. The average Bonchev–Trinajstić information content (AvgIpc) is 2.68. The minimum absolute atomic E-state index is 0.0466. The molecule has 2 rings (SSSR count). The van der Waals surface area contributed by atoms with Gasteiger partial charge < -0.3 is 20.3 Å². The number of carbonyl (C=O) groups excluding carboxylic acids is 1. The van der Waals surface area contributed by atoms with Crippen molar-refractivity contribution in [2.45, 2.75) is 12.8 Å². The van der Waals surface area contributed by atoms with Crippen molar-refractivity contribution < 1.29 is 14.5 Å². The zero-order valence-electron chi connectivity index (χ0n) is 15.1. The Morgan fingerprint density at radius 2 is 2.04 bits per heavy atom. The Hall–Kier alpha value is -2.84. The first-order valence-electron chi connectivity index (χ1n) is 8.57. The van der Waals surface area contributed by atoms with Crippen LogP contribution < -0.4 is 10.6 Å². The molecular formula is C17H25N5O4. The molecule has 0 saturated carbocycles. The number of hydrogen-bond donors (Lipinski definition) is 2. The van der Waals surface area contributed by atoms with Gasteiger partial charge in [0.1, 0.15) is 5.69 Å². The maximum atomic E-state index is 11.6. The number of para-hydroxylation sites is 2. The largest absolute Gasteiger partial charge is 0.469 e. The van der Waals surface area contributed by atoms with Crippen LogP contribution in [-0.4, -0.2) is 62.1 Å². The lowest BCUT2D eigenvalue weighted by atomic mass is 9.97. The Kier molecular flexibility index (Phi) is 7.19. The molecule has 26 heavy (non-hydrogen) atoms. The van der Waals surface area contributed by atoms with Crippen LogP contribution in [0.1, 0.15) is 12.8 Å². The lowest BCUT2D eigenvalue weighted by Gasteiger charge is -2.33. The maximum Gasteiger partial charge on any atom is 0.308 e. The molecule has 0 spiro atoms. The fraction of sp³-hybridized carbons (Fsp3) is 0.529. The van der Waals surface area contributed by atoms with Gasteiger partial charge in [-0.25, -0.2) is 0 Å². The molecule has 142 valence electrons. The summed E-state index contributed by atoms with van der Waals surface area (Å²) in [6, 6.07) is 6.55. The number of carbonyl (C=O) groups is 1. The van der Waals surface area contributed by atoms with E-state index in [1.807, 2.05) is 0 Å². The van der Waals surface area contributed by atoms with E-state index >= 15 is 0 Å². The lowest BCUT2D eigenvalue weighted by Crippen LogP contribution is -2.47. The number of benzene rings is 1. The molecule has 2 N–H and O–H groups in total. The van der Waals surface area contributed by atoms with Crippen molar-refractivity contribution in [1.29, 1.82) is 0 Å². The number of likely N-dealkylation sites (tertiary alicyclic amines) is 1. The number of piperidine rings is 1. The summed E-state index contributed by atoms with van der Waals surface area (Å²) < 4.78 is 4.80. The number of hydrogen-bond acceptors (Lipinski definition) is 6. The number of anilines is 1. The van der Waals surface area contributed by atoms with Gasteiger partial charge in [0, 0.05) is 39.3 Å². The quantitative estimate of drug-likeness (QED) is 0.197. The Labute approximate surface area is 152 Å². The zero-order valence-corrected chi connectivity index (χ0v) is 15.1. The Morgan fingerprint density at radius 1 is 1.35 bits per heavy atom. The number of esters is 1. The van der Waals surface area contributed by atoms with Crippen LogP contribution in [0.25, 0.3) is 0 Å². The molecule has 0 radical (unpaired) electrons. The van der Waals surface area contributed by atoms with Gasteiger partial charge >= 0.3 is 5.97 Å². The van der Waals surface area contributed by atoms with E-state index in [9.17, 15) is 14.9 Å². The third kappa shape index (κ3) is 5.08. The highest BCUT2D eigenvalue weighted by Gasteiger charge is 2.26. The summed E-state index contributed by atoms with van der Waals surface area (Å²) in [5.74, 6) is 0.564. The topological polar surface area (TPSA) is 109 Å². The number of ether oxygens (including phenoxy) is 1. The number of rotatable bonds is 6. The Morgan fingerprint density at radius 3 is 2.65 bits per heavy atom. The fourth-order valence-corrected chi connectivity index (χ4v) is 2.98. The molecule has 0 atom stereocenters. The van der Waals surface area contributed by atoms with Gasteiger partial charge in [0.2, 0.25) is 0 Å². The summed E-state index contributed by atoms with van der Waals surface area (Å²) in [7, 11) is 3.13. The molecule has 1 aliphatic heterocycles. The van der Waals surface area contributed by atoms with Crippen LogP contribution in [0.2, 0.25) is 0 Å². The summed E-state index contributed by atoms with van der Waals surface area (Å²) in [6.45, 7) is 2.55. The molecule has 9 nitrogen and oxygen atoms in total. The molecule has 1 saturated heterocycles. The fourth-order valence-electron chi connectivity index (χ4n) is 2.98. The number of aliphatic imine (C=N–C) groups is 1. The summed E-state index contributed by atoms with van der Waals surface area (Å²) in [5.41, 5.74) is 0.551. The number of methoxy groups -OCH3 is 1. The minimum atomic E-state index is -0.403. The standard InChI is InChI=1S/C17H25N5O4/c1-18-17(21-11-7-13(8-12-21)16(23)26-2)20-10-9-19-14-5-3-4-6-15(14)22(24)25/h3-6,13,19H,7-12H2,1-2H3,(H,18,20). The van der Waals surface area contributed by atoms with Crippen LogP contribution in [0, 0.1) is 16.0 Å². The average molecular weight is 363 g/mol. The number of nitro groups is 1. The molecule has 0 bridgehead atoms. The van der Waals surface area contributed by atoms with Gasteiger partial charge in [0.05, 0.1) is 18.0 Å². The van der Waals surface area contributed by atoms with Gasteiger partial charge in [-0.15, -0.1) is 0 Å². The van der Waals surface area contributed by atoms with Crippen molar-refractivity contribution in [3.8, 4) is 0 Å². The molecule has 1 aromatic carbocycles. The molecular weight excluding hydrogens is 338 g/mol. The van der Waals surface area contributed by atoms with Gasteiger partial charge in [-0.2, -0.15) is 0 Å². The highest BCUT2D eigenvalue weighted by molar-refractivity contribution is 5.80. The van der Waals surface area contributed by atoms with Crippen LogP contribution in [0.4, 0.5) is 11.4 Å². The summed E-state index contributed by atoms with van der Waals surface area (Å²) in [4.78, 5) is 28.6. The summed E-state index contributed by atoms with van der Waals surface area (Å²) in [5, 5.41) is 17.3. The third-order valence-electron chi connectivity index (χ3n) is 4.37. The normalized spacial score (nSPS) is 15.5. The van der Waals surface area contributed by atoms with E-state index in [0.29, 0.717) is 18.8 Å². The van der Waals surface area contributed by atoms with Crippen LogP contribution >= 0.6 is 0 Å². The van der Waals surface area contributed by atoms with Crippen molar-refractivity contribution in [3.63, 3.8) is 0 Å². The molecule has 0 amide bonds. The third-order valence-corrected chi connectivity index (χ3v) is 4.37. The predicted molar refractivity (Wildman–Crippen MR) is 99.3 cm³/mol. The van der Waals surface area contributed by atoms with Gasteiger partial charge in [-0.05, 0) is 18.9 Å². The van der Waals surface area contributed by atoms with Crippen molar-refractivity contribution in [2.75, 3.05) is 45.7 Å². The van der Waals surface area contributed by atoms with E-state index in [1.54, 1.807) is 25.2 Å². The van der Waals surface area contributed by atoms with E-state index < -0.39 is 4.92 Å². The highest BCUT2D eigenvalue weighted by atomic mass is 16.6. The lowest BCUT2D eigenvalue weighted by molar-refractivity contribution is -0.384. The van der Waals surface area contributed by atoms with Crippen molar-refractivity contribution in [2.24, 2.45) is 10.9 Å². The van der Waals surface area contributed by atoms with Crippen LogP contribution in [0.3, 0.4) is 0 Å². The number of nitrogens with one attached hydrogen (secondary N) is 2. The first-order valence-corrected chi connectivity index (χ1v) is 8.57. The first-order chi connectivity index (χ1) is 12.6. The predicted octanol–water partition coefficient (Wildman–Crippen LogP) is 1.47. The van der Waals surface area contributed by atoms with Crippen LogP contribution in [-0.2, 0) is 9.53 Å². The molecule has 0 unspecified atom stereocenters. The van der Waals surface area contributed by atoms with Crippen molar-refractivity contribution in [1.82, 2.24) is 10.2 Å². The molecule has 0 aromatic heterocycles. The zero-order chi connectivity index (χ0) is 18.9.